The number of rotatable bonds is 37. The Hall–Kier alpha value is -1.10. The number of ketones is 2. The first-order valence-electron chi connectivity index (χ1n) is 19.4. The molecule has 8 nitrogen and oxygen atoms in total. The fraction of sp³-hybridized carbons (Fsp3) is 0.895. The molecule has 282 valence electrons. The summed E-state index contributed by atoms with van der Waals surface area (Å²) in [6, 6.07) is 0. The van der Waals surface area contributed by atoms with Crippen molar-refractivity contribution in [3.63, 3.8) is 0 Å². The Balaban J connectivity index is 4.25. The number of hydrogen-bond donors (Lipinski definition) is 4. The van der Waals surface area contributed by atoms with Crippen molar-refractivity contribution in [2.75, 3.05) is 11.5 Å². The van der Waals surface area contributed by atoms with Gasteiger partial charge >= 0.3 is 11.9 Å². The first-order valence-corrected chi connectivity index (χ1v) is 21.9. The summed E-state index contributed by atoms with van der Waals surface area (Å²) < 4.78 is 0. The van der Waals surface area contributed by atoms with Crippen LogP contribution in [-0.4, -0.2) is 56.3 Å². The van der Waals surface area contributed by atoms with Gasteiger partial charge < -0.3 is 21.7 Å². The van der Waals surface area contributed by atoms with Gasteiger partial charge in [0.2, 0.25) is 0 Å². The minimum absolute atomic E-state index is 0.0966. The second-order valence-electron chi connectivity index (χ2n) is 13.9. The molecular weight excluding hydrogens is 645 g/mol. The van der Waals surface area contributed by atoms with E-state index in [-0.39, 0.29) is 24.3 Å². The van der Waals surface area contributed by atoms with E-state index in [0.717, 1.165) is 60.1 Å². The standard InChI is InChI=1S/C38H72N2O6S2/c1-3-5-7-9-11-13-15-17-19-21-23-25-27-29-33(41)37(39,35(43)44)31-47-48-32-38(40,36(45)46)34(42)30-28-26-24-22-20-18-16-14-12-10-8-6-4-2/h3-32,39-40H2,1-2H3,(H,43,44)(H,45,46). The number of carbonyl (C=O) groups is 4. The number of unbranched alkanes of at least 4 members (excludes halogenated alkanes) is 24. The molecule has 0 aliphatic heterocycles. The molecule has 2 atom stereocenters. The third kappa shape index (κ3) is 22.6. The van der Waals surface area contributed by atoms with Gasteiger partial charge in [-0.25, -0.2) is 9.59 Å². The fourth-order valence-electron chi connectivity index (χ4n) is 5.84. The van der Waals surface area contributed by atoms with Crippen molar-refractivity contribution in [3.8, 4) is 0 Å². The number of carboxylic acids is 2. The predicted octanol–water partition coefficient (Wildman–Crippen LogP) is 10.0. The van der Waals surface area contributed by atoms with Crippen LogP contribution < -0.4 is 11.5 Å². The molecule has 0 rings (SSSR count). The van der Waals surface area contributed by atoms with E-state index in [9.17, 15) is 29.4 Å². The maximum Gasteiger partial charge on any atom is 0.332 e. The Bertz CT molecular complexity index is 793. The third-order valence-corrected chi connectivity index (χ3v) is 11.9. The Labute approximate surface area is 301 Å². The third-order valence-electron chi connectivity index (χ3n) is 9.43. The molecule has 48 heavy (non-hydrogen) atoms. The lowest BCUT2D eigenvalue weighted by atomic mass is 9.93. The average molecular weight is 717 g/mol. The first kappa shape index (κ1) is 46.9. The molecule has 0 spiro atoms. The largest absolute Gasteiger partial charge is 0.480 e. The zero-order valence-electron chi connectivity index (χ0n) is 30.7. The molecule has 0 saturated carbocycles. The van der Waals surface area contributed by atoms with Gasteiger partial charge in [0.1, 0.15) is 0 Å². The fourth-order valence-corrected chi connectivity index (χ4v) is 8.57. The predicted molar refractivity (Wildman–Crippen MR) is 205 cm³/mol. The van der Waals surface area contributed by atoms with Gasteiger partial charge in [-0.2, -0.15) is 0 Å². The summed E-state index contributed by atoms with van der Waals surface area (Å²) in [5.74, 6) is -4.30. The van der Waals surface area contributed by atoms with Crippen LogP contribution in [0.1, 0.15) is 194 Å². The highest BCUT2D eigenvalue weighted by Gasteiger charge is 2.44. The van der Waals surface area contributed by atoms with Crippen LogP contribution in [-0.2, 0) is 19.2 Å². The first-order chi connectivity index (χ1) is 23.1. The molecule has 0 fully saturated rings. The second-order valence-corrected chi connectivity index (χ2v) is 16.4. The summed E-state index contributed by atoms with van der Waals surface area (Å²) in [6.45, 7) is 4.47. The van der Waals surface area contributed by atoms with Gasteiger partial charge in [0.25, 0.3) is 0 Å². The second kappa shape index (κ2) is 30.7. The minimum Gasteiger partial charge on any atom is -0.480 e. The lowest BCUT2D eigenvalue weighted by Crippen LogP contribution is -2.58. The van der Waals surface area contributed by atoms with Crippen molar-refractivity contribution in [3.05, 3.63) is 0 Å². The van der Waals surface area contributed by atoms with E-state index in [2.05, 4.69) is 13.8 Å². The molecule has 0 heterocycles. The van der Waals surface area contributed by atoms with Crippen molar-refractivity contribution in [2.45, 2.75) is 205 Å². The van der Waals surface area contributed by atoms with E-state index in [1.165, 1.54) is 116 Å². The van der Waals surface area contributed by atoms with Gasteiger partial charge in [0, 0.05) is 24.3 Å². The van der Waals surface area contributed by atoms with Crippen LogP contribution in [0, 0.1) is 0 Å². The molecule has 10 heteroatoms. The molecule has 0 aromatic carbocycles. The topological polar surface area (TPSA) is 161 Å². The van der Waals surface area contributed by atoms with E-state index in [1.54, 1.807) is 0 Å². The van der Waals surface area contributed by atoms with Gasteiger partial charge in [0.15, 0.2) is 22.6 Å². The van der Waals surface area contributed by atoms with Crippen molar-refractivity contribution < 1.29 is 29.4 Å². The molecule has 0 aliphatic carbocycles. The molecule has 0 aromatic heterocycles. The van der Waals surface area contributed by atoms with E-state index in [0.29, 0.717) is 12.8 Å². The van der Waals surface area contributed by atoms with Crippen LogP contribution in [0.25, 0.3) is 0 Å². The van der Waals surface area contributed by atoms with Gasteiger partial charge in [-0.05, 0) is 12.8 Å². The van der Waals surface area contributed by atoms with E-state index in [1.807, 2.05) is 0 Å². The summed E-state index contributed by atoms with van der Waals surface area (Å²) in [5.41, 5.74) is 8.01. The maximum absolute atomic E-state index is 12.8. The molecule has 0 bridgehead atoms. The molecule has 0 aromatic rings. The van der Waals surface area contributed by atoms with Crippen LogP contribution in [0.5, 0.6) is 0 Å². The van der Waals surface area contributed by atoms with Crippen LogP contribution in [0.15, 0.2) is 0 Å². The monoisotopic (exact) mass is 716 g/mol. The van der Waals surface area contributed by atoms with E-state index < -0.39 is 34.6 Å². The Kier molecular flexibility index (Phi) is 30.0. The number of nitrogens with two attached hydrogens (primary N) is 2. The van der Waals surface area contributed by atoms with Gasteiger partial charge in [-0.1, -0.05) is 190 Å². The van der Waals surface area contributed by atoms with Gasteiger partial charge in [-0.15, -0.1) is 0 Å². The Morgan fingerprint density at radius 1 is 0.417 bits per heavy atom. The maximum atomic E-state index is 12.8. The van der Waals surface area contributed by atoms with E-state index >= 15 is 0 Å². The summed E-state index contributed by atoms with van der Waals surface area (Å²) in [5, 5.41) is 19.5. The van der Waals surface area contributed by atoms with Crippen LogP contribution in [0.4, 0.5) is 0 Å². The zero-order chi connectivity index (χ0) is 35.9. The Morgan fingerprint density at radius 2 is 0.625 bits per heavy atom. The summed E-state index contributed by atoms with van der Waals surface area (Å²) in [4.78, 5) is 49.6. The minimum atomic E-state index is -2.06. The summed E-state index contributed by atoms with van der Waals surface area (Å²) >= 11 is 0. The summed E-state index contributed by atoms with van der Waals surface area (Å²) in [6.07, 6.45) is 30.6. The van der Waals surface area contributed by atoms with Crippen molar-refractivity contribution in [1.29, 1.82) is 0 Å². The lowest BCUT2D eigenvalue weighted by molar-refractivity contribution is -0.148. The molecule has 0 amide bonds. The SMILES string of the molecule is CCCCCCCCCCCCCCCC(=O)C(N)(CSSCC(N)(C(=O)O)C(=O)CCCCCCCCCCCCCCC)C(=O)O. The van der Waals surface area contributed by atoms with Crippen molar-refractivity contribution >= 4 is 45.1 Å². The molecule has 2 unspecified atom stereocenters. The normalized spacial score (nSPS) is 14.0. The van der Waals surface area contributed by atoms with Crippen molar-refractivity contribution in [1.82, 2.24) is 0 Å². The molecule has 0 aliphatic rings. The summed E-state index contributed by atoms with van der Waals surface area (Å²) in [7, 11) is 1.97. The number of carboxylic acid groups (broad SMARTS) is 2. The lowest BCUT2D eigenvalue weighted by Gasteiger charge is -2.25. The zero-order valence-corrected chi connectivity index (χ0v) is 32.3. The highest BCUT2D eigenvalue weighted by molar-refractivity contribution is 8.76. The highest BCUT2D eigenvalue weighted by atomic mass is 33.1. The molecule has 6 N–H and O–H groups in total. The molecular formula is C38H72N2O6S2. The van der Waals surface area contributed by atoms with E-state index in [4.69, 9.17) is 11.5 Å². The Morgan fingerprint density at radius 3 is 0.833 bits per heavy atom. The van der Waals surface area contributed by atoms with Crippen LogP contribution in [0.3, 0.4) is 0 Å². The smallest absolute Gasteiger partial charge is 0.332 e. The number of aliphatic carboxylic acids is 2. The molecule has 0 saturated heterocycles. The highest BCUT2D eigenvalue weighted by Crippen LogP contribution is 2.30. The number of hydrogen-bond acceptors (Lipinski definition) is 8. The number of carbonyl (C=O) groups excluding carboxylic acids is 2. The van der Waals surface area contributed by atoms with Gasteiger partial charge in [-0.3, -0.25) is 9.59 Å². The van der Waals surface area contributed by atoms with Crippen LogP contribution >= 0.6 is 21.6 Å². The number of Topliss-reactive ketones (excluding diaryl/α,β-unsaturated/α-hetero) is 2. The average Bonchev–Trinajstić information content (AvgIpc) is 3.06. The van der Waals surface area contributed by atoms with Gasteiger partial charge in [0.05, 0.1) is 0 Å². The quantitative estimate of drug-likeness (QED) is 0.0277. The van der Waals surface area contributed by atoms with Crippen LogP contribution in [0.2, 0.25) is 0 Å². The molecule has 0 radical (unpaired) electrons. The van der Waals surface area contributed by atoms with Crippen molar-refractivity contribution in [2.24, 2.45) is 11.5 Å².